The summed E-state index contributed by atoms with van der Waals surface area (Å²) in [5.74, 6) is 0. The maximum Gasteiger partial charge on any atom is 0.183 e. The van der Waals surface area contributed by atoms with Gasteiger partial charge in [-0.25, -0.2) is 0 Å². The van der Waals surface area contributed by atoms with Crippen molar-refractivity contribution >= 4 is 0 Å². The van der Waals surface area contributed by atoms with Gasteiger partial charge in [0.05, 0.1) is 47.0 Å². The summed E-state index contributed by atoms with van der Waals surface area (Å²) in [5.41, 5.74) is 0. The molecule has 0 aliphatic rings. The molecular formula is C15H36N2O2+2. The van der Waals surface area contributed by atoms with Crippen LogP contribution in [0.3, 0.4) is 0 Å². The van der Waals surface area contributed by atoms with Crippen LogP contribution in [0, 0.1) is 0 Å². The third kappa shape index (κ3) is 11.4. The van der Waals surface area contributed by atoms with E-state index in [0.29, 0.717) is 12.2 Å². The SMILES string of the molecule is CC(C)OCC[N+](C)(C)CC[N+](C)(C)COC(C)C. The lowest BCUT2D eigenvalue weighted by Crippen LogP contribution is -2.52. The fraction of sp³-hybridized carbons (Fsp3) is 1.00. The lowest BCUT2D eigenvalue weighted by atomic mass is 10.4. The Kier molecular flexibility index (Phi) is 8.13. The van der Waals surface area contributed by atoms with Gasteiger partial charge in [-0.05, 0) is 27.7 Å². The number of ether oxygens (including phenoxy) is 2. The zero-order valence-corrected chi connectivity index (χ0v) is 14.4. The highest BCUT2D eigenvalue weighted by atomic mass is 16.5. The summed E-state index contributed by atoms with van der Waals surface area (Å²) >= 11 is 0. The fourth-order valence-electron chi connectivity index (χ4n) is 1.60. The lowest BCUT2D eigenvalue weighted by Gasteiger charge is -2.35. The van der Waals surface area contributed by atoms with Crippen molar-refractivity contribution in [3.8, 4) is 0 Å². The minimum Gasteiger partial charge on any atom is -0.373 e. The first-order valence-corrected chi connectivity index (χ1v) is 7.41. The van der Waals surface area contributed by atoms with E-state index in [1.807, 2.05) is 0 Å². The fourth-order valence-corrected chi connectivity index (χ4v) is 1.60. The van der Waals surface area contributed by atoms with Gasteiger partial charge in [0.1, 0.15) is 19.6 Å². The van der Waals surface area contributed by atoms with Crippen LogP contribution >= 0.6 is 0 Å². The van der Waals surface area contributed by atoms with Crippen molar-refractivity contribution in [1.82, 2.24) is 0 Å². The molecule has 116 valence electrons. The van der Waals surface area contributed by atoms with Gasteiger partial charge in [-0.15, -0.1) is 0 Å². The smallest absolute Gasteiger partial charge is 0.183 e. The summed E-state index contributed by atoms with van der Waals surface area (Å²) in [6, 6.07) is 0. The molecule has 0 unspecified atom stereocenters. The van der Waals surface area contributed by atoms with Gasteiger partial charge in [0.2, 0.25) is 0 Å². The molecule has 0 atom stereocenters. The maximum atomic E-state index is 5.73. The van der Waals surface area contributed by atoms with Crippen molar-refractivity contribution in [3.63, 3.8) is 0 Å². The molecule has 0 amide bonds. The average molecular weight is 276 g/mol. The standard InChI is InChI=1S/C15H36N2O2/c1-14(2)18-12-11-16(5,6)9-10-17(7,8)13-19-15(3)4/h14-15H,9-13H2,1-8H3/q+2. The van der Waals surface area contributed by atoms with E-state index in [-0.39, 0.29) is 0 Å². The third-order valence-corrected chi connectivity index (χ3v) is 3.22. The van der Waals surface area contributed by atoms with Crippen molar-refractivity contribution < 1.29 is 18.4 Å². The molecular weight excluding hydrogens is 240 g/mol. The summed E-state index contributed by atoms with van der Waals surface area (Å²) in [4.78, 5) is 0. The number of rotatable bonds is 10. The second kappa shape index (κ2) is 8.20. The molecule has 0 radical (unpaired) electrons. The Balaban J connectivity index is 3.99. The largest absolute Gasteiger partial charge is 0.373 e. The molecule has 0 heterocycles. The van der Waals surface area contributed by atoms with Crippen LogP contribution in [0.15, 0.2) is 0 Å². The molecule has 0 aromatic rings. The van der Waals surface area contributed by atoms with Crippen LogP contribution in [-0.2, 0) is 9.47 Å². The number of hydrogen-bond donors (Lipinski definition) is 0. The summed E-state index contributed by atoms with van der Waals surface area (Å²) in [5, 5.41) is 0. The van der Waals surface area contributed by atoms with Crippen molar-refractivity contribution in [3.05, 3.63) is 0 Å². The Morgan fingerprint density at radius 2 is 1.16 bits per heavy atom. The van der Waals surface area contributed by atoms with Crippen LogP contribution < -0.4 is 0 Å². The van der Waals surface area contributed by atoms with Crippen molar-refractivity contribution in [2.75, 3.05) is 61.2 Å². The third-order valence-electron chi connectivity index (χ3n) is 3.22. The van der Waals surface area contributed by atoms with Crippen LogP contribution in [0.1, 0.15) is 27.7 Å². The quantitative estimate of drug-likeness (QED) is 0.448. The van der Waals surface area contributed by atoms with E-state index in [1.165, 1.54) is 0 Å². The molecule has 4 heteroatoms. The van der Waals surface area contributed by atoms with Gasteiger partial charge in [-0.2, -0.15) is 0 Å². The Morgan fingerprint density at radius 3 is 1.63 bits per heavy atom. The molecule has 0 bridgehead atoms. The lowest BCUT2D eigenvalue weighted by molar-refractivity contribution is -0.955. The van der Waals surface area contributed by atoms with Crippen molar-refractivity contribution in [1.29, 1.82) is 0 Å². The highest BCUT2D eigenvalue weighted by Gasteiger charge is 2.23. The van der Waals surface area contributed by atoms with E-state index in [0.717, 1.165) is 41.9 Å². The van der Waals surface area contributed by atoms with Gasteiger partial charge < -0.3 is 18.4 Å². The van der Waals surface area contributed by atoms with Crippen LogP contribution in [-0.4, -0.2) is 82.3 Å². The van der Waals surface area contributed by atoms with Gasteiger partial charge in [-0.3, -0.25) is 0 Å². The Morgan fingerprint density at radius 1 is 0.684 bits per heavy atom. The van der Waals surface area contributed by atoms with Crippen LogP contribution in [0.2, 0.25) is 0 Å². The van der Waals surface area contributed by atoms with Gasteiger partial charge in [-0.1, -0.05) is 0 Å². The van der Waals surface area contributed by atoms with Crippen LogP contribution in [0.5, 0.6) is 0 Å². The van der Waals surface area contributed by atoms with Gasteiger partial charge >= 0.3 is 0 Å². The molecule has 0 fully saturated rings. The topological polar surface area (TPSA) is 18.5 Å². The minimum absolute atomic E-state index is 0.305. The van der Waals surface area contributed by atoms with Gasteiger partial charge in [0.25, 0.3) is 0 Å². The summed E-state index contributed by atoms with van der Waals surface area (Å²) in [6.45, 7) is 13.3. The molecule has 0 spiro atoms. The van der Waals surface area contributed by atoms with Crippen molar-refractivity contribution in [2.24, 2.45) is 0 Å². The van der Waals surface area contributed by atoms with E-state index >= 15 is 0 Å². The number of hydrogen-bond acceptors (Lipinski definition) is 2. The summed E-state index contributed by atoms with van der Waals surface area (Å²) < 4.78 is 13.3. The first-order valence-electron chi connectivity index (χ1n) is 7.41. The first kappa shape index (κ1) is 18.8. The molecule has 0 rings (SSSR count). The number of nitrogens with zero attached hydrogens (tertiary/aromatic N) is 2. The van der Waals surface area contributed by atoms with Gasteiger partial charge in [0, 0.05) is 0 Å². The highest BCUT2D eigenvalue weighted by molar-refractivity contribution is 4.40. The second-order valence-corrected chi connectivity index (χ2v) is 7.31. The minimum atomic E-state index is 0.305. The summed E-state index contributed by atoms with van der Waals surface area (Å²) in [7, 11) is 9.00. The molecule has 0 saturated carbocycles. The molecule has 0 aromatic carbocycles. The van der Waals surface area contributed by atoms with E-state index in [4.69, 9.17) is 9.47 Å². The highest BCUT2D eigenvalue weighted by Crippen LogP contribution is 2.05. The van der Waals surface area contributed by atoms with E-state index < -0.39 is 0 Å². The Hall–Kier alpha value is -0.160. The van der Waals surface area contributed by atoms with E-state index in [9.17, 15) is 0 Å². The van der Waals surface area contributed by atoms with Crippen molar-refractivity contribution in [2.45, 2.75) is 39.9 Å². The van der Waals surface area contributed by atoms with E-state index in [2.05, 4.69) is 55.9 Å². The predicted molar refractivity (Wildman–Crippen MR) is 81.0 cm³/mol. The summed E-state index contributed by atoms with van der Waals surface area (Å²) in [6.07, 6.45) is 0.631. The second-order valence-electron chi connectivity index (χ2n) is 7.31. The number of likely N-dealkylation sites (N-methyl/N-ethyl adjacent to an activating group) is 2. The zero-order chi connectivity index (χ0) is 15.1. The maximum absolute atomic E-state index is 5.73. The average Bonchev–Trinajstić information content (AvgIpc) is 2.24. The van der Waals surface area contributed by atoms with Crippen LogP contribution in [0.25, 0.3) is 0 Å². The normalized spacial score (nSPS) is 13.6. The van der Waals surface area contributed by atoms with Gasteiger partial charge in [0.15, 0.2) is 6.73 Å². The molecule has 4 nitrogen and oxygen atoms in total. The molecule has 0 aromatic heterocycles. The predicted octanol–water partition coefficient (Wildman–Crippen LogP) is 1.95. The monoisotopic (exact) mass is 276 g/mol. The van der Waals surface area contributed by atoms with E-state index in [1.54, 1.807) is 0 Å². The first-order chi connectivity index (χ1) is 8.54. The molecule has 0 saturated heterocycles. The molecule has 0 aliphatic heterocycles. The molecule has 19 heavy (non-hydrogen) atoms. The number of quaternary nitrogens is 2. The molecule has 0 aliphatic carbocycles. The Labute approximate surface area is 120 Å². The van der Waals surface area contributed by atoms with Crippen LogP contribution in [0.4, 0.5) is 0 Å². The molecule has 0 N–H and O–H groups in total. The Bertz CT molecular complexity index is 238. The zero-order valence-electron chi connectivity index (χ0n) is 14.4.